The topological polar surface area (TPSA) is 52.3 Å². The number of esters is 1. The van der Waals surface area contributed by atoms with Gasteiger partial charge in [-0.15, -0.1) is 0 Å². The quantitative estimate of drug-likeness (QED) is 0.606. The fourth-order valence-corrected chi connectivity index (χ4v) is 1.58. The predicted octanol–water partition coefficient (Wildman–Crippen LogP) is 2.41. The van der Waals surface area contributed by atoms with E-state index in [1.165, 1.54) is 0 Å². The summed E-state index contributed by atoms with van der Waals surface area (Å²) in [6, 6.07) is 3.24. The molecule has 0 saturated heterocycles. The van der Waals surface area contributed by atoms with Gasteiger partial charge in [-0.3, -0.25) is 0 Å². The highest BCUT2D eigenvalue weighted by molar-refractivity contribution is 6.34. The fourth-order valence-electron chi connectivity index (χ4n) is 1.23. The number of halogens is 1. The summed E-state index contributed by atoms with van der Waals surface area (Å²) >= 11 is 5.88. The number of rotatable bonds is 2. The average Bonchev–Trinajstić information content (AvgIpc) is 2.01. The number of hydrogen-bond acceptors (Lipinski definition) is 3. The molecule has 0 radical (unpaired) electrons. The van der Waals surface area contributed by atoms with Crippen LogP contribution in [0, 0.1) is 6.92 Å². The van der Waals surface area contributed by atoms with Gasteiger partial charge in [0.15, 0.2) is 0 Å². The van der Waals surface area contributed by atoms with Crippen LogP contribution in [0.1, 0.15) is 22.8 Å². The predicted molar refractivity (Wildman–Crippen MR) is 56.6 cm³/mol. The summed E-state index contributed by atoms with van der Waals surface area (Å²) in [6.45, 7) is 3.85. The number of ether oxygens (including phenoxy) is 1. The van der Waals surface area contributed by atoms with Crippen molar-refractivity contribution in [3.05, 3.63) is 28.3 Å². The third-order valence-electron chi connectivity index (χ3n) is 1.79. The molecule has 1 rings (SSSR count). The normalized spacial score (nSPS) is 9.93. The lowest BCUT2D eigenvalue weighted by Crippen LogP contribution is -2.08. The van der Waals surface area contributed by atoms with Gasteiger partial charge in [0, 0.05) is 5.69 Å². The van der Waals surface area contributed by atoms with Gasteiger partial charge in [-0.1, -0.05) is 11.6 Å². The summed E-state index contributed by atoms with van der Waals surface area (Å²) in [7, 11) is 0. The van der Waals surface area contributed by atoms with Crippen LogP contribution in [-0.2, 0) is 4.74 Å². The first-order chi connectivity index (χ1) is 6.56. The third kappa shape index (κ3) is 2.17. The van der Waals surface area contributed by atoms with Crippen molar-refractivity contribution >= 4 is 23.3 Å². The molecule has 0 heterocycles. The molecule has 3 nitrogen and oxygen atoms in total. The molecule has 0 fully saturated rings. The molecule has 0 spiro atoms. The molecular weight excluding hydrogens is 202 g/mol. The summed E-state index contributed by atoms with van der Waals surface area (Å²) in [4.78, 5) is 11.5. The molecular formula is C10H12ClNO2. The van der Waals surface area contributed by atoms with E-state index in [4.69, 9.17) is 22.1 Å². The Hall–Kier alpha value is -1.22. The van der Waals surface area contributed by atoms with Crippen molar-refractivity contribution in [3.8, 4) is 0 Å². The molecule has 2 N–H and O–H groups in total. The highest BCUT2D eigenvalue weighted by Crippen LogP contribution is 2.24. The first-order valence-corrected chi connectivity index (χ1v) is 4.66. The standard InChI is InChI=1S/C10H12ClNO2/c1-3-14-10(13)9-6(2)4-7(12)5-8(9)11/h4-5H,3,12H2,1-2H3. The second kappa shape index (κ2) is 4.33. The number of nitrogen functional groups attached to an aromatic ring is 1. The van der Waals surface area contributed by atoms with Gasteiger partial charge in [-0.05, 0) is 31.5 Å². The smallest absolute Gasteiger partial charge is 0.339 e. The largest absolute Gasteiger partial charge is 0.462 e. The molecule has 1 aromatic carbocycles. The number of nitrogens with two attached hydrogens (primary N) is 1. The maximum absolute atomic E-state index is 11.5. The minimum atomic E-state index is -0.407. The molecule has 0 aromatic heterocycles. The number of benzene rings is 1. The van der Waals surface area contributed by atoms with Gasteiger partial charge >= 0.3 is 5.97 Å². The van der Waals surface area contributed by atoms with E-state index in [1.807, 2.05) is 0 Å². The second-order valence-electron chi connectivity index (χ2n) is 2.92. The Balaban J connectivity index is 3.14. The number of aryl methyl sites for hydroxylation is 1. The summed E-state index contributed by atoms with van der Waals surface area (Å²) in [5.41, 5.74) is 7.23. The van der Waals surface area contributed by atoms with Crippen molar-refractivity contribution in [1.29, 1.82) is 0 Å². The number of carbonyl (C=O) groups excluding carboxylic acids is 1. The van der Waals surface area contributed by atoms with Gasteiger partial charge < -0.3 is 10.5 Å². The van der Waals surface area contributed by atoms with Crippen molar-refractivity contribution in [2.45, 2.75) is 13.8 Å². The van der Waals surface area contributed by atoms with Crippen molar-refractivity contribution < 1.29 is 9.53 Å². The Morgan fingerprint density at radius 2 is 2.21 bits per heavy atom. The maximum Gasteiger partial charge on any atom is 0.339 e. The second-order valence-corrected chi connectivity index (χ2v) is 3.32. The van der Waals surface area contributed by atoms with Crippen LogP contribution in [0.25, 0.3) is 0 Å². The molecule has 0 saturated carbocycles. The SMILES string of the molecule is CCOC(=O)c1c(C)cc(N)cc1Cl. The lowest BCUT2D eigenvalue weighted by molar-refractivity contribution is 0.0526. The number of hydrogen-bond donors (Lipinski definition) is 1. The summed E-state index contributed by atoms with van der Waals surface area (Å²) in [6.07, 6.45) is 0. The molecule has 0 amide bonds. The minimum absolute atomic E-state index is 0.332. The molecule has 1 aromatic rings. The van der Waals surface area contributed by atoms with Crippen LogP contribution in [-0.4, -0.2) is 12.6 Å². The van der Waals surface area contributed by atoms with Crippen LogP contribution in [0.5, 0.6) is 0 Å². The van der Waals surface area contributed by atoms with E-state index in [1.54, 1.807) is 26.0 Å². The average molecular weight is 214 g/mol. The lowest BCUT2D eigenvalue weighted by Gasteiger charge is -2.08. The van der Waals surface area contributed by atoms with Gasteiger partial charge in [-0.2, -0.15) is 0 Å². The van der Waals surface area contributed by atoms with Gasteiger partial charge in [0.1, 0.15) is 0 Å². The first-order valence-electron chi connectivity index (χ1n) is 4.29. The highest BCUT2D eigenvalue weighted by atomic mass is 35.5. The zero-order chi connectivity index (χ0) is 10.7. The zero-order valence-electron chi connectivity index (χ0n) is 8.13. The Morgan fingerprint density at radius 1 is 1.57 bits per heavy atom. The van der Waals surface area contributed by atoms with E-state index in [0.717, 1.165) is 5.56 Å². The third-order valence-corrected chi connectivity index (χ3v) is 2.09. The molecule has 76 valence electrons. The van der Waals surface area contributed by atoms with Crippen LogP contribution < -0.4 is 5.73 Å². The lowest BCUT2D eigenvalue weighted by atomic mass is 10.1. The van der Waals surface area contributed by atoms with E-state index < -0.39 is 5.97 Å². The van der Waals surface area contributed by atoms with E-state index in [9.17, 15) is 4.79 Å². The van der Waals surface area contributed by atoms with Crippen molar-refractivity contribution in [1.82, 2.24) is 0 Å². The summed E-state index contributed by atoms with van der Waals surface area (Å²) in [5, 5.41) is 0.334. The fraction of sp³-hybridized carbons (Fsp3) is 0.300. The van der Waals surface area contributed by atoms with Gasteiger partial charge in [0.25, 0.3) is 0 Å². The highest BCUT2D eigenvalue weighted by Gasteiger charge is 2.14. The van der Waals surface area contributed by atoms with E-state index in [0.29, 0.717) is 22.9 Å². The Labute approximate surface area is 87.8 Å². The van der Waals surface area contributed by atoms with E-state index >= 15 is 0 Å². The van der Waals surface area contributed by atoms with Gasteiger partial charge in [-0.25, -0.2) is 4.79 Å². The molecule has 0 aliphatic rings. The molecule has 14 heavy (non-hydrogen) atoms. The van der Waals surface area contributed by atoms with Crippen LogP contribution in [0.15, 0.2) is 12.1 Å². The van der Waals surface area contributed by atoms with Crippen molar-refractivity contribution in [2.24, 2.45) is 0 Å². The van der Waals surface area contributed by atoms with Crippen LogP contribution in [0.2, 0.25) is 5.02 Å². The van der Waals surface area contributed by atoms with Crippen molar-refractivity contribution in [3.63, 3.8) is 0 Å². The maximum atomic E-state index is 11.5. The Kier molecular flexibility index (Phi) is 3.36. The number of carbonyl (C=O) groups is 1. The molecule has 0 bridgehead atoms. The van der Waals surface area contributed by atoms with E-state index in [2.05, 4.69) is 0 Å². The van der Waals surface area contributed by atoms with Crippen LogP contribution in [0.4, 0.5) is 5.69 Å². The monoisotopic (exact) mass is 213 g/mol. The summed E-state index contributed by atoms with van der Waals surface area (Å²) in [5.74, 6) is -0.407. The number of anilines is 1. The Bertz CT molecular complexity index is 340. The first kappa shape index (κ1) is 10.9. The Morgan fingerprint density at radius 3 is 2.71 bits per heavy atom. The van der Waals surface area contributed by atoms with Crippen LogP contribution >= 0.6 is 11.6 Å². The van der Waals surface area contributed by atoms with E-state index in [-0.39, 0.29) is 0 Å². The van der Waals surface area contributed by atoms with Gasteiger partial charge in [0.05, 0.1) is 17.2 Å². The minimum Gasteiger partial charge on any atom is -0.462 e. The molecule has 0 aliphatic heterocycles. The zero-order valence-corrected chi connectivity index (χ0v) is 8.89. The molecule has 4 heteroatoms. The molecule has 0 aliphatic carbocycles. The van der Waals surface area contributed by atoms with Crippen LogP contribution in [0.3, 0.4) is 0 Å². The molecule has 0 unspecified atom stereocenters. The molecule has 0 atom stereocenters. The van der Waals surface area contributed by atoms with Gasteiger partial charge in [0.2, 0.25) is 0 Å². The summed E-state index contributed by atoms with van der Waals surface area (Å²) < 4.78 is 4.87. The van der Waals surface area contributed by atoms with Crippen molar-refractivity contribution in [2.75, 3.05) is 12.3 Å².